The van der Waals surface area contributed by atoms with Gasteiger partial charge in [0.15, 0.2) is 0 Å². The lowest BCUT2D eigenvalue weighted by Gasteiger charge is -2.08. The van der Waals surface area contributed by atoms with Crippen molar-refractivity contribution in [1.82, 2.24) is 5.32 Å². The van der Waals surface area contributed by atoms with E-state index in [1.54, 1.807) is 6.07 Å². The van der Waals surface area contributed by atoms with Gasteiger partial charge in [0.1, 0.15) is 5.56 Å². The zero-order chi connectivity index (χ0) is 15.0. The van der Waals surface area contributed by atoms with Crippen molar-refractivity contribution in [3.8, 4) is 0 Å². The normalized spacial score (nSPS) is 10.1. The van der Waals surface area contributed by atoms with Gasteiger partial charge in [-0.25, -0.2) is 0 Å². The maximum absolute atomic E-state index is 12.0. The Bertz CT molecular complexity index is 477. The molecule has 7 heteroatoms. The number of anilines is 1. The molecule has 1 amide bonds. The van der Waals surface area contributed by atoms with Gasteiger partial charge in [-0.15, -0.1) is 0 Å². The summed E-state index contributed by atoms with van der Waals surface area (Å²) in [4.78, 5) is 22.4. The summed E-state index contributed by atoms with van der Waals surface area (Å²) in [6.07, 6.45) is 0. The van der Waals surface area contributed by atoms with E-state index in [0.717, 1.165) is 0 Å². The van der Waals surface area contributed by atoms with Crippen LogP contribution < -0.4 is 10.6 Å². The maximum Gasteiger partial charge on any atom is 0.282 e. The summed E-state index contributed by atoms with van der Waals surface area (Å²) < 4.78 is 5.10. The number of ether oxygens (including phenoxy) is 1. The minimum Gasteiger partial charge on any atom is -0.385 e. The Balaban J connectivity index is 2.85. The first-order valence-electron chi connectivity index (χ1n) is 6.48. The minimum absolute atomic E-state index is 0.0462. The zero-order valence-electron chi connectivity index (χ0n) is 11.6. The minimum atomic E-state index is -0.562. The molecule has 7 nitrogen and oxygen atoms in total. The molecule has 0 bridgehead atoms. The predicted octanol–water partition coefficient (Wildman–Crippen LogP) is 1.79. The van der Waals surface area contributed by atoms with Gasteiger partial charge in [-0.05, 0) is 26.0 Å². The Hall–Kier alpha value is -2.15. The molecule has 0 aliphatic carbocycles. The number of nitrogens with one attached hydrogen (secondary N) is 2. The fourth-order valence-corrected chi connectivity index (χ4v) is 1.67. The van der Waals surface area contributed by atoms with Crippen LogP contribution in [0.2, 0.25) is 0 Å². The van der Waals surface area contributed by atoms with E-state index in [2.05, 4.69) is 10.6 Å². The van der Waals surface area contributed by atoms with Gasteiger partial charge in [-0.2, -0.15) is 0 Å². The lowest BCUT2D eigenvalue weighted by atomic mass is 10.1. The van der Waals surface area contributed by atoms with Crippen molar-refractivity contribution in [2.24, 2.45) is 0 Å². The van der Waals surface area contributed by atoms with Gasteiger partial charge in [0.25, 0.3) is 11.6 Å². The topological polar surface area (TPSA) is 93.5 Å². The summed E-state index contributed by atoms with van der Waals surface area (Å²) in [6, 6.07) is 4.39. The van der Waals surface area contributed by atoms with E-state index in [9.17, 15) is 14.9 Å². The first-order chi connectivity index (χ1) is 9.60. The first-order valence-corrected chi connectivity index (χ1v) is 6.48. The number of rotatable bonds is 8. The zero-order valence-corrected chi connectivity index (χ0v) is 11.6. The highest BCUT2D eigenvalue weighted by molar-refractivity contribution is 5.99. The average Bonchev–Trinajstić information content (AvgIpc) is 2.43. The Kier molecular flexibility index (Phi) is 6.45. The van der Waals surface area contributed by atoms with Gasteiger partial charge in [0, 0.05) is 31.5 Å². The molecule has 0 saturated heterocycles. The number of benzene rings is 1. The summed E-state index contributed by atoms with van der Waals surface area (Å²) in [5.41, 5.74) is 0.513. The molecule has 1 rings (SSSR count). The predicted molar refractivity (Wildman–Crippen MR) is 76.1 cm³/mol. The molecular formula is C13H19N3O4. The molecule has 0 unspecified atom stereocenters. The second-order valence-electron chi connectivity index (χ2n) is 3.97. The van der Waals surface area contributed by atoms with Crippen LogP contribution in [0.25, 0.3) is 0 Å². The SMILES string of the molecule is CCNc1ccc([N+](=O)[O-])c(C(=O)NCCOCC)c1. The Morgan fingerprint density at radius 2 is 2.15 bits per heavy atom. The van der Waals surface area contributed by atoms with Gasteiger partial charge < -0.3 is 15.4 Å². The monoisotopic (exact) mass is 281 g/mol. The van der Waals surface area contributed by atoms with Crippen molar-refractivity contribution in [3.05, 3.63) is 33.9 Å². The molecule has 0 aromatic heterocycles. The van der Waals surface area contributed by atoms with Crippen LogP contribution >= 0.6 is 0 Å². The van der Waals surface area contributed by atoms with Crippen LogP contribution in [-0.4, -0.2) is 37.1 Å². The molecule has 2 N–H and O–H groups in total. The molecule has 1 aromatic carbocycles. The highest BCUT2D eigenvalue weighted by Gasteiger charge is 2.20. The number of carbonyl (C=O) groups is 1. The molecule has 20 heavy (non-hydrogen) atoms. The van der Waals surface area contributed by atoms with Gasteiger partial charge in [-0.3, -0.25) is 14.9 Å². The molecule has 1 aromatic rings. The van der Waals surface area contributed by atoms with Crippen LogP contribution in [0.15, 0.2) is 18.2 Å². The fraction of sp³-hybridized carbons (Fsp3) is 0.462. The number of nitrogens with zero attached hydrogens (tertiary/aromatic N) is 1. The summed E-state index contributed by atoms with van der Waals surface area (Å²) in [6.45, 7) is 5.68. The van der Waals surface area contributed by atoms with Crippen molar-refractivity contribution >= 4 is 17.3 Å². The van der Waals surface area contributed by atoms with Crippen molar-refractivity contribution in [1.29, 1.82) is 0 Å². The van der Waals surface area contributed by atoms with E-state index in [0.29, 0.717) is 32.0 Å². The fourth-order valence-electron chi connectivity index (χ4n) is 1.67. The van der Waals surface area contributed by atoms with E-state index in [1.807, 2.05) is 13.8 Å². The number of nitro groups is 1. The maximum atomic E-state index is 12.0. The second kappa shape index (κ2) is 8.11. The smallest absolute Gasteiger partial charge is 0.282 e. The Morgan fingerprint density at radius 1 is 1.40 bits per heavy atom. The third-order valence-corrected chi connectivity index (χ3v) is 2.55. The van der Waals surface area contributed by atoms with Gasteiger partial charge in [-0.1, -0.05) is 0 Å². The van der Waals surface area contributed by atoms with Crippen LogP contribution in [0.3, 0.4) is 0 Å². The summed E-state index contributed by atoms with van der Waals surface area (Å²) in [7, 11) is 0. The lowest BCUT2D eigenvalue weighted by Crippen LogP contribution is -2.28. The van der Waals surface area contributed by atoms with Gasteiger partial charge in [0.2, 0.25) is 0 Å². The quantitative estimate of drug-likeness (QED) is 0.430. The standard InChI is InChI=1S/C13H19N3O4/c1-3-14-10-5-6-12(16(18)19)11(9-10)13(17)15-7-8-20-4-2/h5-6,9,14H,3-4,7-8H2,1-2H3,(H,15,17). The van der Waals surface area contributed by atoms with Crippen molar-refractivity contribution in [3.63, 3.8) is 0 Å². The molecule has 0 spiro atoms. The second-order valence-corrected chi connectivity index (χ2v) is 3.97. The van der Waals surface area contributed by atoms with Crippen LogP contribution in [0.1, 0.15) is 24.2 Å². The number of hydrogen-bond donors (Lipinski definition) is 2. The van der Waals surface area contributed by atoms with Crippen LogP contribution in [-0.2, 0) is 4.74 Å². The molecule has 0 radical (unpaired) electrons. The van der Waals surface area contributed by atoms with Crippen molar-refractivity contribution < 1.29 is 14.5 Å². The third-order valence-electron chi connectivity index (χ3n) is 2.55. The van der Waals surface area contributed by atoms with E-state index in [1.165, 1.54) is 12.1 Å². The van der Waals surface area contributed by atoms with Crippen LogP contribution in [0.4, 0.5) is 11.4 Å². The lowest BCUT2D eigenvalue weighted by molar-refractivity contribution is -0.385. The van der Waals surface area contributed by atoms with E-state index < -0.39 is 10.8 Å². The highest BCUT2D eigenvalue weighted by Crippen LogP contribution is 2.22. The number of hydrogen-bond acceptors (Lipinski definition) is 5. The average molecular weight is 281 g/mol. The molecule has 0 aliphatic heterocycles. The Labute approximate surface area is 117 Å². The molecule has 0 heterocycles. The van der Waals surface area contributed by atoms with E-state index in [-0.39, 0.29) is 11.3 Å². The third kappa shape index (κ3) is 4.51. The first kappa shape index (κ1) is 15.9. The van der Waals surface area contributed by atoms with Gasteiger partial charge in [0.05, 0.1) is 11.5 Å². The molecule has 0 saturated carbocycles. The Morgan fingerprint density at radius 3 is 2.75 bits per heavy atom. The van der Waals surface area contributed by atoms with Gasteiger partial charge >= 0.3 is 0 Å². The summed E-state index contributed by atoms with van der Waals surface area (Å²) in [5, 5.41) is 16.6. The number of carbonyl (C=O) groups excluding carboxylic acids is 1. The number of amides is 1. The highest BCUT2D eigenvalue weighted by atomic mass is 16.6. The van der Waals surface area contributed by atoms with E-state index in [4.69, 9.17) is 4.74 Å². The molecule has 0 fully saturated rings. The van der Waals surface area contributed by atoms with Crippen LogP contribution in [0.5, 0.6) is 0 Å². The molecular weight excluding hydrogens is 262 g/mol. The molecule has 0 aliphatic rings. The largest absolute Gasteiger partial charge is 0.385 e. The summed E-state index contributed by atoms with van der Waals surface area (Å²) in [5.74, 6) is -0.476. The van der Waals surface area contributed by atoms with Crippen molar-refractivity contribution in [2.45, 2.75) is 13.8 Å². The molecule has 110 valence electrons. The van der Waals surface area contributed by atoms with Crippen LogP contribution in [0, 0.1) is 10.1 Å². The summed E-state index contributed by atoms with van der Waals surface area (Å²) >= 11 is 0. The number of nitro benzene ring substituents is 1. The van der Waals surface area contributed by atoms with E-state index >= 15 is 0 Å². The van der Waals surface area contributed by atoms with Crippen molar-refractivity contribution in [2.75, 3.05) is 31.6 Å². The molecule has 0 atom stereocenters.